The predicted molar refractivity (Wildman–Crippen MR) is 55.9 cm³/mol. The predicted octanol–water partition coefficient (Wildman–Crippen LogP) is 1.22. The van der Waals surface area contributed by atoms with Crippen LogP contribution in [0.25, 0.3) is 0 Å². The van der Waals surface area contributed by atoms with Crippen LogP contribution >= 0.6 is 0 Å². The Hall–Kier alpha value is 0.354. The van der Waals surface area contributed by atoms with E-state index < -0.39 is 18.2 Å². The number of hydrogen-bond donors (Lipinski definition) is 1. The van der Waals surface area contributed by atoms with E-state index in [1.165, 1.54) is 0 Å². The summed E-state index contributed by atoms with van der Waals surface area (Å²) in [5.41, 5.74) is 0.228. The first-order valence-electron chi connectivity index (χ1n) is 4.10. The summed E-state index contributed by atoms with van der Waals surface area (Å²) in [6.45, 7) is 13.2. The van der Waals surface area contributed by atoms with E-state index in [9.17, 15) is 0 Å². The molecule has 0 spiro atoms. The average molecular weight is 191 g/mol. The van der Waals surface area contributed by atoms with Gasteiger partial charge < -0.3 is 9.10 Å². The monoisotopic (exact) mass is 191 g/mol. The van der Waals surface area contributed by atoms with Crippen LogP contribution in [0.15, 0.2) is 0 Å². The molecular weight excluding hydrogens is 170 g/mol. The molecule has 0 aromatic heterocycles. The molecule has 0 rings (SSSR count). The number of nitrogens with one attached hydrogen (secondary N) is 1. The molecule has 0 unspecified atom stereocenters. The number of hydrogen-bond acceptors (Lipinski definition) is 2. The second kappa shape index (κ2) is 3.84. The molecule has 0 fully saturated rings. The minimum atomic E-state index is -1.26. The van der Waals surface area contributed by atoms with E-state index in [0.29, 0.717) is 0 Å². The van der Waals surface area contributed by atoms with Gasteiger partial charge in [0.25, 0.3) is 0 Å². The van der Waals surface area contributed by atoms with Crippen molar-refractivity contribution in [3.63, 3.8) is 0 Å². The highest BCUT2D eigenvalue weighted by Gasteiger charge is 2.15. The van der Waals surface area contributed by atoms with Crippen LogP contribution < -0.4 is 4.98 Å². The second-order valence-electron chi connectivity index (χ2n) is 4.83. The lowest BCUT2D eigenvalue weighted by Gasteiger charge is -2.24. The maximum absolute atomic E-state index is 5.77. The molecule has 0 aliphatic rings. The third-order valence-electron chi connectivity index (χ3n) is 1.11. The summed E-state index contributed by atoms with van der Waals surface area (Å²) in [5, 5.41) is 0. The van der Waals surface area contributed by atoms with Gasteiger partial charge in [-0.3, -0.25) is 0 Å². The average Bonchev–Trinajstić information content (AvgIpc) is 1.55. The van der Waals surface area contributed by atoms with Crippen molar-refractivity contribution in [2.75, 3.05) is 0 Å². The van der Waals surface area contributed by atoms with Crippen LogP contribution in [0, 0.1) is 0 Å². The molecule has 0 saturated carbocycles. The third kappa shape index (κ3) is 10.4. The fourth-order valence-corrected chi connectivity index (χ4v) is 2.92. The van der Waals surface area contributed by atoms with E-state index >= 15 is 0 Å². The van der Waals surface area contributed by atoms with Crippen molar-refractivity contribution in [3.8, 4) is 0 Å². The van der Waals surface area contributed by atoms with E-state index in [2.05, 4.69) is 45.4 Å². The number of rotatable bonds is 3. The maximum atomic E-state index is 5.77. The molecule has 0 aromatic carbocycles. The first-order chi connectivity index (χ1) is 4.71. The molecule has 4 heteroatoms. The summed E-state index contributed by atoms with van der Waals surface area (Å²) in [5.74, 6) is 0. The quantitative estimate of drug-likeness (QED) is 0.678. The van der Waals surface area contributed by atoms with Gasteiger partial charge in [0.1, 0.15) is 0 Å². The molecule has 0 heterocycles. The third-order valence-corrected chi connectivity index (χ3v) is 6.35. The summed E-state index contributed by atoms with van der Waals surface area (Å²) in [4.78, 5) is 3.43. The summed E-state index contributed by atoms with van der Waals surface area (Å²) in [6, 6.07) is 0. The van der Waals surface area contributed by atoms with Gasteiger partial charge in [-0.25, -0.2) is 0 Å². The highest BCUT2D eigenvalue weighted by Crippen LogP contribution is 2.02. The molecule has 68 valence electrons. The van der Waals surface area contributed by atoms with Crippen LogP contribution in [0.3, 0.4) is 0 Å². The maximum Gasteiger partial charge on any atom is 0.224 e. The van der Waals surface area contributed by atoms with Crippen LogP contribution in [-0.4, -0.2) is 23.8 Å². The minimum absolute atomic E-state index is 0.228. The van der Waals surface area contributed by atoms with E-state index in [1.54, 1.807) is 0 Å². The molecule has 0 atom stereocenters. The fraction of sp³-hybridized carbons (Fsp3) is 1.00. The lowest BCUT2D eigenvalue weighted by molar-refractivity contribution is 0.478. The first kappa shape index (κ1) is 11.4. The fourth-order valence-electron chi connectivity index (χ4n) is 0.469. The molecule has 0 aromatic rings. The van der Waals surface area contributed by atoms with Crippen molar-refractivity contribution in [2.45, 2.75) is 46.0 Å². The van der Waals surface area contributed by atoms with Gasteiger partial charge in [-0.05, 0) is 40.4 Å². The van der Waals surface area contributed by atoms with Gasteiger partial charge in [-0.2, -0.15) is 0 Å². The Morgan fingerprint density at radius 3 is 1.91 bits per heavy atom. The molecule has 0 radical (unpaired) electrons. The lowest BCUT2D eigenvalue weighted by Crippen LogP contribution is -2.43. The first-order valence-corrected chi connectivity index (χ1v) is 8.79. The van der Waals surface area contributed by atoms with Crippen molar-refractivity contribution in [1.29, 1.82) is 0 Å². The topological polar surface area (TPSA) is 21.3 Å². The summed E-state index contributed by atoms with van der Waals surface area (Å²) in [7, 11) is -1.74. The van der Waals surface area contributed by atoms with Gasteiger partial charge >= 0.3 is 0 Å². The standard InChI is InChI=1S/C7H21NOSi2/c1-7(2,3)8-10-9-11(4,5)6/h8H,10H2,1-6H3. The van der Waals surface area contributed by atoms with E-state index in [4.69, 9.17) is 4.12 Å². The van der Waals surface area contributed by atoms with Gasteiger partial charge in [-0.15, -0.1) is 0 Å². The molecule has 0 bridgehead atoms. The van der Waals surface area contributed by atoms with Gasteiger partial charge in [0.15, 0.2) is 8.32 Å². The van der Waals surface area contributed by atoms with Crippen molar-refractivity contribution in [3.05, 3.63) is 0 Å². The molecule has 2 nitrogen and oxygen atoms in total. The molecule has 0 aliphatic carbocycles. The summed E-state index contributed by atoms with van der Waals surface area (Å²) in [6.07, 6.45) is 0. The van der Waals surface area contributed by atoms with E-state index in [1.807, 2.05) is 0 Å². The van der Waals surface area contributed by atoms with Crippen molar-refractivity contribution >= 4 is 18.2 Å². The van der Waals surface area contributed by atoms with Crippen LogP contribution in [0.5, 0.6) is 0 Å². The molecule has 11 heavy (non-hydrogen) atoms. The van der Waals surface area contributed by atoms with Crippen LogP contribution in [-0.2, 0) is 4.12 Å². The Kier molecular flexibility index (Phi) is 3.97. The van der Waals surface area contributed by atoms with Crippen LogP contribution in [0.4, 0.5) is 0 Å². The molecule has 0 amide bonds. The Bertz CT molecular complexity index is 101. The lowest BCUT2D eigenvalue weighted by atomic mass is 10.1. The zero-order valence-corrected chi connectivity index (χ0v) is 11.0. The smallest absolute Gasteiger partial charge is 0.224 e. The minimum Gasteiger partial charge on any atom is -0.449 e. The zero-order valence-electron chi connectivity index (χ0n) is 8.62. The zero-order chi connectivity index (χ0) is 9.12. The van der Waals surface area contributed by atoms with Crippen LogP contribution in [0.1, 0.15) is 20.8 Å². The van der Waals surface area contributed by atoms with Gasteiger partial charge in [0, 0.05) is 5.54 Å². The normalized spacial score (nSPS) is 14.7. The summed E-state index contributed by atoms with van der Waals surface area (Å²) >= 11 is 0. The molecular formula is C7H21NOSi2. The molecule has 0 aliphatic heterocycles. The second-order valence-corrected chi connectivity index (χ2v) is 10.8. The largest absolute Gasteiger partial charge is 0.449 e. The summed E-state index contributed by atoms with van der Waals surface area (Å²) < 4.78 is 5.77. The van der Waals surface area contributed by atoms with Crippen LogP contribution in [0.2, 0.25) is 19.6 Å². The highest BCUT2D eigenvalue weighted by atomic mass is 28.4. The van der Waals surface area contributed by atoms with Crippen molar-refractivity contribution < 1.29 is 4.12 Å². The Morgan fingerprint density at radius 2 is 1.64 bits per heavy atom. The Labute approximate surface area is 73.9 Å². The van der Waals surface area contributed by atoms with Gasteiger partial charge in [0.05, 0.1) is 0 Å². The van der Waals surface area contributed by atoms with Gasteiger partial charge in [-0.1, -0.05) is 0 Å². The SMILES string of the molecule is CC(C)(C)N[SiH2]O[Si](C)(C)C. The van der Waals surface area contributed by atoms with Crippen molar-refractivity contribution in [2.24, 2.45) is 0 Å². The van der Waals surface area contributed by atoms with E-state index in [-0.39, 0.29) is 5.54 Å². The van der Waals surface area contributed by atoms with E-state index in [0.717, 1.165) is 0 Å². The van der Waals surface area contributed by atoms with Gasteiger partial charge in [0.2, 0.25) is 9.92 Å². The van der Waals surface area contributed by atoms with Crippen molar-refractivity contribution in [1.82, 2.24) is 4.98 Å². The molecule has 0 saturated heterocycles. The Balaban J connectivity index is 3.44. The highest BCUT2D eigenvalue weighted by molar-refractivity contribution is 6.73. The molecule has 1 N–H and O–H groups in total. The Morgan fingerprint density at radius 1 is 1.18 bits per heavy atom.